The SMILES string of the molecule is Bc1c(B)c(B)c2c(-c3ccc4oc5cc6ccccc6cc5c4c3)c3c(B)c(B)c(B)c(B)c3c(-c3ccc(-c4ccc5ccccc5c4)cc3)c2c1B. The molecule has 9 heteroatoms. The average Bonchev–Trinajstić information content (AvgIpc) is 3.57. The summed E-state index contributed by atoms with van der Waals surface area (Å²) in [5.41, 5.74) is 20.3. The van der Waals surface area contributed by atoms with Crippen molar-refractivity contribution in [2.45, 2.75) is 0 Å². The van der Waals surface area contributed by atoms with Gasteiger partial charge in [0, 0.05) is 10.8 Å². The Labute approximate surface area is 329 Å². The van der Waals surface area contributed by atoms with E-state index >= 15 is 0 Å². The molecule has 10 rings (SSSR count). The molecule has 0 amide bonds. The maximum atomic E-state index is 6.52. The fraction of sp³-hybridized carbons (Fsp3) is 0. The lowest BCUT2D eigenvalue weighted by Gasteiger charge is -2.28. The van der Waals surface area contributed by atoms with Crippen LogP contribution in [0.4, 0.5) is 0 Å². The zero-order valence-electron chi connectivity index (χ0n) is 33.0. The van der Waals surface area contributed by atoms with E-state index in [2.05, 4.69) is 184 Å². The van der Waals surface area contributed by atoms with Gasteiger partial charge in [-0.1, -0.05) is 113 Å². The Balaban J connectivity index is 1.31. The molecule has 10 aromatic rings. The summed E-state index contributed by atoms with van der Waals surface area (Å²) in [6.07, 6.45) is 0. The van der Waals surface area contributed by atoms with Gasteiger partial charge in [-0.05, 0) is 107 Å². The molecular formula is C46H36B8O. The topological polar surface area (TPSA) is 13.1 Å². The Hall–Kier alpha value is -5.66. The third-order valence-corrected chi connectivity index (χ3v) is 13.3. The van der Waals surface area contributed by atoms with Crippen molar-refractivity contribution in [1.82, 2.24) is 0 Å². The number of furan rings is 1. The van der Waals surface area contributed by atoms with Gasteiger partial charge in [-0.15, -0.1) is 21.9 Å². The van der Waals surface area contributed by atoms with Gasteiger partial charge >= 0.3 is 0 Å². The second kappa shape index (κ2) is 12.4. The first-order valence-corrected chi connectivity index (χ1v) is 19.5. The van der Waals surface area contributed by atoms with E-state index in [0.717, 1.165) is 21.9 Å². The lowest BCUT2D eigenvalue weighted by molar-refractivity contribution is 0.669. The lowest BCUT2D eigenvalue weighted by atomic mass is 9.59. The van der Waals surface area contributed by atoms with Crippen LogP contribution in [-0.4, -0.2) is 62.8 Å². The first-order chi connectivity index (χ1) is 26.6. The van der Waals surface area contributed by atoms with E-state index in [1.54, 1.807) is 0 Å². The molecule has 250 valence electrons. The fourth-order valence-corrected chi connectivity index (χ4v) is 9.52. The van der Waals surface area contributed by atoms with Gasteiger partial charge in [0.1, 0.15) is 73.9 Å². The molecule has 1 aromatic heterocycles. The molecular weight excluding hydrogens is 655 g/mol. The highest BCUT2D eigenvalue weighted by atomic mass is 16.3. The predicted octanol–water partition coefficient (Wildman–Crippen LogP) is -0.733. The largest absolute Gasteiger partial charge is 0.456 e. The Morgan fingerprint density at radius 2 is 0.709 bits per heavy atom. The third-order valence-electron chi connectivity index (χ3n) is 13.3. The summed E-state index contributed by atoms with van der Waals surface area (Å²) in [4.78, 5) is 0. The molecule has 0 atom stereocenters. The van der Waals surface area contributed by atoms with Crippen molar-refractivity contribution in [2.24, 2.45) is 0 Å². The molecule has 55 heavy (non-hydrogen) atoms. The van der Waals surface area contributed by atoms with Crippen molar-refractivity contribution in [2.75, 3.05) is 0 Å². The normalized spacial score (nSPS) is 11.9. The van der Waals surface area contributed by atoms with E-state index < -0.39 is 0 Å². The third kappa shape index (κ3) is 4.98. The maximum Gasteiger partial charge on any atom is 0.139 e. The molecule has 0 aliphatic carbocycles. The highest BCUT2D eigenvalue weighted by Crippen LogP contribution is 2.43. The van der Waals surface area contributed by atoms with Crippen LogP contribution in [-0.2, 0) is 0 Å². The quantitative estimate of drug-likeness (QED) is 0.176. The van der Waals surface area contributed by atoms with Crippen LogP contribution in [0.5, 0.6) is 0 Å². The Morgan fingerprint density at radius 1 is 0.291 bits per heavy atom. The van der Waals surface area contributed by atoms with Crippen molar-refractivity contribution < 1.29 is 4.42 Å². The standard InChI is InChI=1S/C46H36B8O/c47-39-35-33(23-12-9-22(10-13-23)27-14-11-21-5-1-2-6-24(21)17-27)36-38(42(50)46(54)44(52)40(36)48)34(37(35)41(49)45(53)43(39)51)28-15-16-31-29(19-28)30-18-25-7-3-4-8-26(25)20-32(30)55-31/h1-20H,47-54H2. The molecule has 0 radical (unpaired) electrons. The van der Waals surface area contributed by atoms with Gasteiger partial charge in [0.05, 0.1) is 0 Å². The fourth-order valence-electron chi connectivity index (χ4n) is 9.52. The molecule has 0 spiro atoms. The predicted molar refractivity (Wildman–Crippen MR) is 265 cm³/mol. The molecule has 0 aliphatic rings. The summed E-state index contributed by atoms with van der Waals surface area (Å²) in [6.45, 7) is 0. The zero-order chi connectivity index (χ0) is 37.9. The van der Waals surface area contributed by atoms with Crippen LogP contribution in [0.2, 0.25) is 0 Å². The van der Waals surface area contributed by atoms with E-state index in [1.807, 2.05) is 0 Å². The van der Waals surface area contributed by atoms with Crippen LogP contribution in [0.25, 0.3) is 98.4 Å². The minimum atomic E-state index is 0.922. The van der Waals surface area contributed by atoms with Crippen LogP contribution < -0.4 is 43.7 Å². The molecule has 1 heterocycles. The van der Waals surface area contributed by atoms with E-state index in [-0.39, 0.29) is 0 Å². The number of hydrogen-bond acceptors (Lipinski definition) is 1. The summed E-state index contributed by atoms with van der Waals surface area (Å²) >= 11 is 0. The van der Waals surface area contributed by atoms with Crippen molar-refractivity contribution >= 4 is 172 Å². The van der Waals surface area contributed by atoms with Gasteiger partial charge in [0.2, 0.25) is 0 Å². The van der Waals surface area contributed by atoms with Gasteiger partial charge in [-0.2, -0.15) is 0 Å². The van der Waals surface area contributed by atoms with E-state index in [9.17, 15) is 0 Å². The highest BCUT2D eigenvalue weighted by Gasteiger charge is 2.25. The Bertz CT molecular complexity index is 3210. The summed E-state index contributed by atoms with van der Waals surface area (Å²) < 4.78 is 6.52. The smallest absolute Gasteiger partial charge is 0.139 e. The minimum absolute atomic E-state index is 0.922. The van der Waals surface area contributed by atoms with Crippen molar-refractivity contribution in [3.63, 3.8) is 0 Å². The number of hydrogen-bond donors (Lipinski definition) is 0. The van der Waals surface area contributed by atoms with E-state index in [0.29, 0.717) is 0 Å². The minimum Gasteiger partial charge on any atom is -0.456 e. The summed E-state index contributed by atoms with van der Waals surface area (Å²) in [6, 6.07) is 44.7. The second-order valence-corrected chi connectivity index (χ2v) is 15.9. The molecule has 0 saturated carbocycles. The second-order valence-electron chi connectivity index (χ2n) is 15.9. The maximum absolute atomic E-state index is 6.52. The first-order valence-electron chi connectivity index (χ1n) is 19.5. The van der Waals surface area contributed by atoms with Crippen molar-refractivity contribution in [3.8, 4) is 33.4 Å². The molecule has 0 fully saturated rings. The van der Waals surface area contributed by atoms with Crippen molar-refractivity contribution in [1.29, 1.82) is 0 Å². The summed E-state index contributed by atoms with van der Waals surface area (Å²) in [5.74, 6) is 0. The molecule has 0 bridgehead atoms. The van der Waals surface area contributed by atoms with Crippen LogP contribution in [0.3, 0.4) is 0 Å². The Kier molecular flexibility index (Phi) is 7.66. The summed E-state index contributed by atoms with van der Waals surface area (Å²) in [5, 5.41) is 12.7. The van der Waals surface area contributed by atoms with Crippen LogP contribution >= 0.6 is 0 Å². The Morgan fingerprint density at radius 3 is 1.27 bits per heavy atom. The number of benzene rings is 9. The molecule has 1 nitrogen and oxygen atoms in total. The molecule has 0 unspecified atom stereocenters. The number of rotatable bonds is 3. The molecule has 0 aliphatic heterocycles. The van der Waals surface area contributed by atoms with Gasteiger partial charge in [-0.25, -0.2) is 0 Å². The van der Waals surface area contributed by atoms with Gasteiger partial charge in [-0.3, -0.25) is 0 Å². The van der Waals surface area contributed by atoms with Crippen molar-refractivity contribution in [3.05, 3.63) is 121 Å². The van der Waals surface area contributed by atoms with Gasteiger partial charge < -0.3 is 4.42 Å². The highest BCUT2D eigenvalue weighted by molar-refractivity contribution is 6.71. The first kappa shape index (κ1) is 33.9. The average molecular weight is 691 g/mol. The van der Waals surface area contributed by atoms with Crippen LogP contribution in [0, 0.1) is 0 Å². The van der Waals surface area contributed by atoms with E-state index in [4.69, 9.17) is 4.42 Å². The van der Waals surface area contributed by atoms with Gasteiger partial charge in [0.15, 0.2) is 0 Å². The van der Waals surface area contributed by atoms with Crippen LogP contribution in [0.15, 0.2) is 126 Å². The van der Waals surface area contributed by atoms with Gasteiger partial charge in [0.25, 0.3) is 0 Å². The molecule has 0 saturated heterocycles. The van der Waals surface area contributed by atoms with E-state index in [1.165, 1.54) is 120 Å². The number of fused-ring (bicyclic) bond motifs is 7. The summed E-state index contributed by atoms with van der Waals surface area (Å²) in [7, 11) is 18.6. The monoisotopic (exact) mass is 692 g/mol. The molecule has 0 N–H and O–H groups in total. The zero-order valence-corrected chi connectivity index (χ0v) is 33.0. The molecule has 9 aromatic carbocycles. The van der Waals surface area contributed by atoms with Crippen LogP contribution in [0.1, 0.15) is 0 Å². The lowest BCUT2D eigenvalue weighted by Crippen LogP contribution is -2.50.